The van der Waals surface area contributed by atoms with Gasteiger partial charge in [0, 0.05) is 11.9 Å². The third-order valence-corrected chi connectivity index (χ3v) is 2.64. The van der Waals surface area contributed by atoms with E-state index in [4.69, 9.17) is 0 Å². The van der Waals surface area contributed by atoms with Crippen LogP contribution in [0.25, 0.3) is 10.8 Å². The SMILES string of the molecule is CC(C(=O)[O-])c1cccc2ccccc12.[Na+]. The maximum Gasteiger partial charge on any atom is 1.00 e. The van der Waals surface area contributed by atoms with E-state index in [2.05, 4.69) is 0 Å². The average molecular weight is 222 g/mol. The van der Waals surface area contributed by atoms with Crippen LogP contribution in [0.3, 0.4) is 0 Å². The van der Waals surface area contributed by atoms with E-state index in [1.807, 2.05) is 42.5 Å². The third kappa shape index (κ3) is 2.46. The van der Waals surface area contributed by atoms with Crippen molar-refractivity contribution in [2.75, 3.05) is 0 Å². The Labute approximate surface area is 117 Å². The molecule has 16 heavy (non-hydrogen) atoms. The van der Waals surface area contributed by atoms with Gasteiger partial charge in [0.05, 0.1) is 0 Å². The number of rotatable bonds is 2. The molecule has 0 spiro atoms. The van der Waals surface area contributed by atoms with Gasteiger partial charge in [0.25, 0.3) is 0 Å². The molecule has 0 bridgehead atoms. The number of benzene rings is 2. The Balaban J connectivity index is 0.00000128. The normalized spacial score (nSPS) is 11.8. The van der Waals surface area contributed by atoms with E-state index < -0.39 is 11.9 Å². The third-order valence-electron chi connectivity index (χ3n) is 2.64. The first-order valence-corrected chi connectivity index (χ1v) is 4.88. The maximum atomic E-state index is 10.8. The van der Waals surface area contributed by atoms with Crippen LogP contribution in [0.4, 0.5) is 0 Å². The molecule has 0 amide bonds. The number of fused-ring (bicyclic) bond motifs is 1. The van der Waals surface area contributed by atoms with E-state index in [9.17, 15) is 9.90 Å². The summed E-state index contributed by atoms with van der Waals surface area (Å²) < 4.78 is 0. The first-order valence-electron chi connectivity index (χ1n) is 4.88. The van der Waals surface area contributed by atoms with Crippen LogP contribution in [-0.4, -0.2) is 5.97 Å². The van der Waals surface area contributed by atoms with Gasteiger partial charge < -0.3 is 9.90 Å². The quantitative estimate of drug-likeness (QED) is 0.592. The molecule has 1 atom stereocenters. The Morgan fingerprint density at radius 1 is 1.12 bits per heavy atom. The Bertz CT molecular complexity index is 503. The van der Waals surface area contributed by atoms with Gasteiger partial charge >= 0.3 is 29.6 Å². The Hall–Kier alpha value is -0.830. The number of hydrogen-bond acceptors (Lipinski definition) is 2. The molecular formula is C13H11NaO2. The number of carboxylic acid groups (broad SMARTS) is 1. The van der Waals surface area contributed by atoms with Gasteiger partial charge in [-0.25, -0.2) is 0 Å². The zero-order valence-corrected chi connectivity index (χ0v) is 11.4. The maximum absolute atomic E-state index is 10.8. The molecule has 0 aliphatic rings. The molecule has 2 nitrogen and oxygen atoms in total. The molecule has 2 rings (SSSR count). The molecule has 0 radical (unpaired) electrons. The Morgan fingerprint density at radius 3 is 2.44 bits per heavy atom. The fourth-order valence-electron chi connectivity index (χ4n) is 1.76. The van der Waals surface area contributed by atoms with E-state index in [0.717, 1.165) is 16.3 Å². The van der Waals surface area contributed by atoms with Gasteiger partial charge in [-0.2, -0.15) is 0 Å². The van der Waals surface area contributed by atoms with Crippen LogP contribution >= 0.6 is 0 Å². The molecule has 0 saturated heterocycles. The second kappa shape index (κ2) is 5.48. The smallest absolute Gasteiger partial charge is 0.550 e. The molecule has 2 aromatic rings. The Kier molecular flexibility index (Phi) is 4.54. The van der Waals surface area contributed by atoms with Crippen molar-refractivity contribution < 1.29 is 39.5 Å². The summed E-state index contributed by atoms with van der Waals surface area (Å²) in [6.45, 7) is 1.65. The van der Waals surface area contributed by atoms with Gasteiger partial charge in [-0.05, 0) is 16.3 Å². The summed E-state index contributed by atoms with van der Waals surface area (Å²) in [6.07, 6.45) is 0. The van der Waals surface area contributed by atoms with Crippen molar-refractivity contribution in [1.29, 1.82) is 0 Å². The van der Waals surface area contributed by atoms with Crippen LogP contribution in [0.5, 0.6) is 0 Å². The first-order chi connectivity index (χ1) is 7.20. The molecule has 0 heterocycles. The predicted octanol–water partition coefficient (Wildman–Crippen LogP) is -1.30. The molecule has 0 aromatic heterocycles. The van der Waals surface area contributed by atoms with Crippen LogP contribution in [0.15, 0.2) is 42.5 Å². The topological polar surface area (TPSA) is 40.1 Å². The van der Waals surface area contributed by atoms with Gasteiger partial charge in [0.2, 0.25) is 0 Å². The summed E-state index contributed by atoms with van der Waals surface area (Å²) in [4.78, 5) is 10.8. The van der Waals surface area contributed by atoms with Crippen molar-refractivity contribution in [1.82, 2.24) is 0 Å². The summed E-state index contributed by atoms with van der Waals surface area (Å²) in [7, 11) is 0. The minimum absolute atomic E-state index is 0. The standard InChI is InChI=1S/C13H12O2.Na/c1-9(13(14)15)11-8-4-6-10-5-2-3-7-12(10)11;/h2-9H,1H3,(H,14,15);/q;+1/p-1. The number of carboxylic acids is 1. The summed E-state index contributed by atoms with van der Waals surface area (Å²) in [6, 6.07) is 13.4. The largest absolute Gasteiger partial charge is 1.00 e. The van der Waals surface area contributed by atoms with E-state index in [-0.39, 0.29) is 29.6 Å². The van der Waals surface area contributed by atoms with E-state index in [1.54, 1.807) is 6.92 Å². The van der Waals surface area contributed by atoms with Gasteiger partial charge in [-0.3, -0.25) is 0 Å². The van der Waals surface area contributed by atoms with E-state index in [1.165, 1.54) is 0 Å². The zero-order valence-electron chi connectivity index (χ0n) is 9.44. The second-order valence-corrected chi connectivity index (χ2v) is 3.61. The second-order valence-electron chi connectivity index (χ2n) is 3.61. The van der Waals surface area contributed by atoms with Crippen molar-refractivity contribution in [3.63, 3.8) is 0 Å². The van der Waals surface area contributed by atoms with Crippen molar-refractivity contribution in [3.8, 4) is 0 Å². The fourth-order valence-corrected chi connectivity index (χ4v) is 1.76. The summed E-state index contributed by atoms with van der Waals surface area (Å²) >= 11 is 0. The van der Waals surface area contributed by atoms with Crippen LogP contribution < -0.4 is 34.7 Å². The van der Waals surface area contributed by atoms with Gasteiger partial charge in [0.15, 0.2) is 0 Å². The number of hydrogen-bond donors (Lipinski definition) is 0. The minimum Gasteiger partial charge on any atom is -0.550 e. The van der Waals surface area contributed by atoms with Crippen LogP contribution in [0.1, 0.15) is 18.4 Å². The van der Waals surface area contributed by atoms with Crippen molar-refractivity contribution in [2.45, 2.75) is 12.8 Å². The molecule has 0 fully saturated rings. The number of carbonyl (C=O) groups excluding carboxylic acids is 1. The van der Waals surface area contributed by atoms with Gasteiger partial charge in [-0.1, -0.05) is 49.4 Å². The molecule has 3 heteroatoms. The molecule has 76 valence electrons. The molecule has 2 aromatic carbocycles. The molecular weight excluding hydrogens is 211 g/mol. The Morgan fingerprint density at radius 2 is 1.75 bits per heavy atom. The van der Waals surface area contributed by atoms with Crippen LogP contribution in [0, 0.1) is 0 Å². The molecule has 0 aliphatic carbocycles. The summed E-state index contributed by atoms with van der Waals surface area (Å²) in [5.74, 6) is -1.61. The van der Waals surface area contributed by atoms with Crippen molar-refractivity contribution in [2.24, 2.45) is 0 Å². The minimum atomic E-state index is -1.04. The molecule has 0 saturated carbocycles. The molecule has 0 N–H and O–H groups in total. The number of carbonyl (C=O) groups is 1. The summed E-state index contributed by atoms with van der Waals surface area (Å²) in [5, 5.41) is 12.9. The van der Waals surface area contributed by atoms with Crippen LogP contribution in [-0.2, 0) is 4.79 Å². The van der Waals surface area contributed by atoms with Crippen molar-refractivity contribution >= 4 is 16.7 Å². The molecule has 1 unspecified atom stereocenters. The zero-order chi connectivity index (χ0) is 10.8. The predicted molar refractivity (Wildman–Crippen MR) is 57.4 cm³/mol. The first kappa shape index (κ1) is 13.2. The van der Waals surface area contributed by atoms with Crippen LogP contribution in [0.2, 0.25) is 0 Å². The van der Waals surface area contributed by atoms with Crippen molar-refractivity contribution in [3.05, 3.63) is 48.0 Å². The van der Waals surface area contributed by atoms with Gasteiger partial charge in [-0.15, -0.1) is 0 Å². The van der Waals surface area contributed by atoms with Gasteiger partial charge in [0.1, 0.15) is 0 Å². The molecule has 0 aliphatic heterocycles. The summed E-state index contributed by atoms with van der Waals surface area (Å²) in [5.41, 5.74) is 0.813. The van der Waals surface area contributed by atoms with E-state index >= 15 is 0 Å². The fraction of sp³-hybridized carbons (Fsp3) is 0.154. The van der Waals surface area contributed by atoms with E-state index in [0.29, 0.717) is 0 Å². The monoisotopic (exact) mass is 222 g/mol. The number of aliphatic carboxylic acids is 1. The average Bonchev–Trinajstić information content (AvgIpc) is 2.27.